The quantitative estimate of drug-likeness (QED) is 0.801. The Morgan fingerprint density at radius 2 is 2.12 bits per heavy atom. The molecule has 0 radical (unpaired) electrons. The van der Waals surface area contributed by atoms with E-state index in [0.717, 1.165) is 11.3 Å². The van der Waals surface area contributed by atoms with Gasteiger partial charge in [-0.25, -0.2) is 0 Å². The van der Waals surface area contributed by atoms with Gasteiger partial charge in [-0.1, -0.05) is 19.1 Å². The summed E-state index contributed by atoms with van der Waals surface area (Å²) in [5.74, 6) is 0.765. The third-order valence-corrected chi connectivity index (χ3v) is 3.00. The SMILES string of the molecule is CCC(C)(O)C(O)Cc1cccc(OC)c1. The maximum Gasteiger partial charge on any atom is 0.119 e. The fourth-order valence-electron chi connectivity index (χ4n) is 1.48. The van der Waals surface area contributed by atoms with Crippen molar-refractivity contribution in [2.24, 2.45) is 0 Å². The average molecular weight is 224 g/mol. The molecule has 3 heteroatoms. The van der Waals surface area contributed by atoms with E-state index in [1.807, 2.05) is 31.2 Å². The Labute approximate surface area is 96.7 Å². The highest BCUT2D eigenvalue weighted by Gasteiger charge is 2.28. The number of rotatable bonds is 5. The highest BCUT2D eigenvalue weighted by molar-refractivity contribution is 5.29. The Balaban J connectivity index is 2.72. The summed E-state index contributed by atoms with van der Waals surface area (Å²) in [4.78, 5) is 0. The van der Waals surface area contributed by atoms with E-state index in [0.29, 0.717) is 12.8 Å². The highest BCUT2D eigenvalue weighted by Crippen LogP contribution is 2.20. The number of hydrogen-bond acceptors (Lipinski definition) is 3. The lowest BCUT2D eigenvalue weighted by atomic mass is 9.91. The molecule has 2 N–H and O–H groups in total. The third kappa shape index (κ3) is 3.22. The van der Waals surface area contributed by atoms with Crippen LogP contribution in [-0.4, -0.2) is 29.0 Å². The van der Waals surface area contributed by atoms with Crippen LogP contribution in [0.1, 0.15) is 25.8 Å². The minimum Gasteiger partial charge on any atom is -0.497 e. The monoisotopic (exact) mass is 224 g/mol. The van der Waals surface area contributed by atoms with E-state index < -0.39 is 11.7 Å². The van der Waals surface area contributed by atoms with Gasteiger partial charge in [0.1, 0.15) is 5.75 Å². The summed E-state index contributed by atoms with van der Waals surface area (Å²) in [6.07, 6.45) is 0.195. The van der Waals surface area contributed by atoms with Crippen LogP contribution in [0.3, 0.4) is 0 Å². The molecule has 2 atom stereocenters. The minimum atomic E-state index is -1.04. The summed E-state index contributed by atoms with van der Waals surface area (Å²) in [6, 6.07) is 7.52. The van der Waals surface area contributed by atoms with Crippen molar-refractivity contribution in [2.45, 2.75) is 38.4 Å². The highest BCUT2D eigenvalue weighted by atomic mass is 16.5. The largest absolute Gasteiger partial charge is 0.497 e. The fraction of sp³-hybridized carbons (Fsp3) is 0.538. The molecule has 0 amide bonds. The molecule has 16 heavy (non-hydrogen) atoms. The van der Waals surface area contributed by atoms with E-state index in [9.17, 15) is 10.2 Å². The van der Waals surface area contributed by atoms with E-state index in [-0.39, 0.29) is 0 Å². The molecule has 0 spiro atoms. The Kier molecular flexibility index (Phi) is 4.33. The molecular weight excluding hydrogens is 204 g/mol. The molecule has 1 aromatic carbocycles. The first-order valence-electron chi connectivity index (χ1n) is 5.53. The zero-order valence-corrected chi connectivity index (χ0v) is 10.1. The first kappa shape index (κ1) is 13.0. The van der Waals surface area contributed by atoms with Crippen molar-refractivity contribution < 1.29 is 14.9 Å². The smallest absolute Gasteiger partial charge is 0.119 e. The van der Waals surface area contributed by atoms with Crippen LogP contribution in [0.25, 0.3) is 0 Å². The second kappa shape index (κ2) is 5.32. The van der Waals surface area contributed by atoms with Crippen molar-refractivity contribution in [3.8, 4) is 5.75 Å². The van der Waals surface area contributed by atoms with Gasteiger partial charge in [-0.05, 0) is 31.0 Å². The Bertz CT molecular complexity index is 334. The van der Waals surface area contributed by atoms with Gasteiger partial charge in [-0.3, -0.25) is 0 Å². The number of ether oxygens (including phenoxy) is 1. The van der Waals surface area contributed by atoms with Gasteiger partial charge < -0.3 is 14.9 Å². The Morgan fingerprint density at radius 3 is 2.69 bits per heavy atom. The van der Waals surface area contributed by atoms with Crippen LogP contribution < -0.4 is 4.74 Å². The van der Waals surface area contributed by atoms with Gasteiger partial charge in [0.15, 0.2) is 0 Å². The van der Waals surface area contributed by atoms with E-state index in [1.54, 1.807) is 14.0 Å². The molecule has 0 fully saturated rings. The summed E-state index contributed by atoms with van der Waals surface area (Å²) in [5.41, 5.74) is -0.0797. The van der Waals surface area contributed by atoms with Crippen molar-refractivity contribution in [3.05, 3.63) is 29.8 Å². The number of hydrogen-bond donors (Lipinski definition) is 2. The van der Waals surface area contributed by atoms with Crippen LogP contribution in [0.4, 0.5) is 0 Å². The summed E-state index contributed by atoms with van der Waals surface area (Å²) in [7, 11) is 1.61. The molecule has 3 nitrogen and oxygen atoms in total. The first-order valence-corrected chi connectivity index (χ1v) is 5.53. The normalized spacial score (nSPS) is 16.6. The molecule has 0 bridgehead atoms. The van der Waals surface area contributed by atoms with Crippen LogP contribution in [-0.2, 0) is 6.42 Å². The molecule has 0 aliphatic rings. The van der Waals surface area contributed by atoms with Gasteiger partial charge in [0.05, 0.1) is 18.8 Å². The van der Waals surface area contributed by atoms with E-state index in [2.05, 4.69) is 0 Å². The van der Waals surface area contributed by atoms with Crippen LogP contribution in [0, 0.1) is 0 Å². The lowest BCUT2D eigenvalue weighted by molar-refractivity contribution is -0.0629. The Morgan fingerprint density at radius 1 is 1.44 bits per heavy atom. The molecule has 90 valence electrons. The number of benzene rings is 1. The lowest BCUT2D eigenvalue weighted by Crippen LogP contribution is -2.39. The standard InChI is InChI=1S/C13H20O3/c1-4-13(2,15)12(14)9-10-6-5-7-11(8-10)16-3/h5-8,12,14-15H,4,9H2,1-3H3. The maximum absolute atomic E-state index is 9.90. The van der Waals surface area contributed by atoms with Gasteiger partial charge in [-0.2, -0.15) is 0 Å². The summed E-state index contributed by atoms with van der Waals surface area (Å²) < 4.78 is 5.10. The predicted octanol–water partition coefficient (Wildman–Crippen LogP) is 1.76. The minimum absolute atomic E-state index is 0.429. The molecule has 0 heterocycles. The number of aliphatic hydroxyl groups is 2. The molecule has 0 saturated carbocycles. The molecular formula is C13H20O3. The first-order chi connectivity index (χ1) is 7.49. The van der Waals surface area contributed by atoms with Crippen LogP contribution in [0.2, 0.25) is 0 Å². The summed E-state index contributed by atoms with van der Waals surface area (Å²) in [6.45, 7) is 3.51. The van der Waals surface area contributed by atoms with Crippen molar-refractivity contribution in [3.63, 3.8) is 0 Å². The molecule has 1 aromatic rings. The van der Waals surface area contributed by atoms with Crippen molar-refractivity contribution >= 4 is 0 Å². The summed E-state index contributed by atoms with van der Waals surface area (Å²) in [5, 5.41) is 19.8. The van der Waals surface area contributed by atoms with Gasteiger partial charge in [-0.15, -0.1) is 0 Å². The van der Waals surface area contributed by atoms with E-state index >= 15 is 0 Å². The van der Waals surface area contributed by atoms with Crippen molar-refractivity contribution in [1.82, 2.24) is 0 Å². The van der Waals surface area contributed by atoms with Gasteiger partial charge in [0.2, 0.25) is 0 Å². The van der Waals surface area contributed by atoms with Crippen LogP contribution in [0.15, 0.2) is 24.3 Å². The molecule has 0 aromatic heterocycles. The second-order valence-corrected chi connectivity index (χ2v) is 4.28. The van der Waals surface area contributed by atoms with Crippen LogP contribution >= 0.6 is 0 Å². The molecule has 0 aliphatic carbocycles. The molecule has 0 aliphatic heterocycles. The predicted molar refractivity (Wildman–Crippen MR) is 63.6 cm³/mol. The maximum atomic E-state index is 9.90. The zero-order chi connectivity index (χ0) is 12.2. The number of methoxy groups -OCH3 is 1. The van der Waals surface area contributed by atoms with E-state index in [4.69, 9.17) is 4.74 Å². The molecule has 2 unspecified atom stereocenters. The van der Waals surface area contributed by atoms with Gasteiger partial charge >= 0.3 is 0 Å². The third-order valence-electron chi connectivity index (χ3n) is 3.00. The topological polar surface area (TPSA) is 49.7 Å². The number of aliphatic hydroxyl groups excluding tert-OH is 1. The fourth-order valence-corrected chi connectivity index (χ4v) is 1.48. The van der Waals surface area contributed by atoms with Gasteiger partial charge in [0, 0.05) is 6.42 Å². The Hall–Kier alpha value is -1.06. The van der Waals surface area contributed by atoms with E-state index in [1.165, 1.54) is 0 Å². The van der Waals surface area contributed by atoms with Crippen molar-refractivity contribution in [2.75, 3.05) is 7.11 Å². The summed E-state index contributed by atoms with van der Waals surface area (Å²) >= 11 is 0. The molecule has 0 saturated heterocycles. The zero-order valence-electron chi connectivity index (χ0n) is 10.1. The van der Waals surface area contributed by atoms with Crippen LogP contribution in [0.5, 0.6) is 5.75 Å². The van der Waals surface area contributed by atoms with Crippen molar-refractivity contribution in [1.29, 1.82) is 0 Å². The molecule has 1 rings (SSSR count). The lowest BCUT2D eigenvalue weighted by Gasteiger charge is -2.27. The van der Waals surface area contributed by atoms with Gasteiger partial charge in [0.25, 0.3) is 0 Å². The second-order valence-electron chi connectivity index (χ2n) is 4.28. The average Bonchev–Trinajstić information content (AvgIpc) is 2.29.